The summed E-state index contributed by atoms with van der Waals surface area (Å²) in [5.41, 5.74) is 2.25. The van der Waals surface area contributed by atoms with Gasteiger partial charge in [0.1, 0.15) is 0 Å². The molecule has 0 aliphatic heterocycles. The van der Waals surface area contributed by atoms with Crippen LogP contribution in [0.2, 0.25) is 0 Å². The molecule has 1 aliphatic carbocycles. The zero-order valence-corrected chi connectivity index (χ0v) is 18.5. The van der Waals surface area contributed by atoms with Crippen LogP contribution in [0.4, 0.5) is 0 Å². The van der Waals surface area contributed by atoms with Gasteiger partial charge in [-0.05, 0) is 45.8 Å². The van der Waals surface area contributed by atoms with E-state index in [1.807, 2.05) is 20.1 Å². The Morgan fingerprint density at radius 1 is 1.28 bits per heavy atom. The molecule has 3 atom stereocenters. The number of ether oxygens (including phenoxy) is 1. The maximum absolute atomic E-state index is 12.5. The van der Waals surface area contributed by atoms with E-state index in [4.69, 9.17) is 4.74 Å². The van der Waals surface area contributed by atoms with Crippen LogP contribution >= 0.6 is 11.8 Å². The lowest BCUT2D eigenvalue weighted by Gasteiger charge is -2.30. The highest BCUT2D eigenvalue weighted by molar-refractivity contribution is 7.98. The summed E-state index contributed by atoms with van der Waals surface area (Å²) < 4.78 is 7.05. The highest BCUT2D eigenvalue weighted by atomic mass is 32.2. The van der Waals surface area contributed by atoms with Crippen LogP contribution in [0.5, 0.6) is 0 Å². The van der Waals surface area contributed by atoms with E-state index in [2.05, 4.69) is 27.3 Å². The van der Waals surface area contributed by atoms with E-state index < -0.39 is 12.1 Å². The second-order valence-electron chi connectivity index (χ2n) is 7.76. The fourth-order valence-corrected chi connectivity index (χ4v) is 4.14. The number of aryl methyl sites for hydroxylation is 2. The third-order valence-electron chi connectivity index (χ3n) is 5.65. The standard InChI is InChI=1S/C20H29N5O3S/c1-11-8-6-7-9-16(11)22-18(27)14(4)28-17(26)10-15-12(2)21-19-23-20(29-5)24-25(19)13(15)3/h11,14,16H,6-10H2,1-5H3,(H,22,27)/t11-,14+,16-/m0/s1. The number of amides is 1. The van der Waals surface area contributed by atoms with Gasteiger partial charge < -0.3 is 10.1 Å². The van der Waals surface area contributed by atoms with Crippen molar-refractivity contribution >= 4 is 29.4 Å². The lowest BCUT2D eigenvalue weighted by atomic mass is 9.86. The van der Waals surface area contributed by atoms with Crippen molar-refractivity contribution < 1.29 is 14.3 Å². The number of nitrogens with zero attached hydrogens (tertiary/aromatic N) is 4. The molecule has 1 aliphatic rings. The number of carbonyl (C=O) groups excluding carboxylic acids is 2. The molecule has 158 valence electrons. The molecule has 1 N–H and O–H groups in total. The van der Waals surface area contributed by atoms with Gasteiger partial charge >= 0.3 is 5.97 Å². The molecule has 0 spiro atoms. The third-order valence-corrected chi connectivity index (χ3v) is 6.19. The number of esters is 1. The average molecular weight is 420 g/mol. The molecular formula is C20H29N5O3S. The van der Waals surface area contributed by atoms with Gasteiger partial charge in [0.25, 0.3) is 11.7 Å². The zero-order valence-electron chi connectivity index (χ0n) is 17.7. The molecule has 3 rings (SSSR count). The molecule has 2 aromatic rings. The van der Waals surface area contributed by atoms with E-state index in [-0.39, 0.29) is 18.4 Å². The molecule has 0 bridgehead atoms. The number of aromatic nitrogens is 4. The molecule has 0 radical (unpaired) electrons. The lowest BCUT2D eigenvalue weighted by molar-refractivity contribution is -0.154. The van der Waals surface area contributed by atoms with Crippen molar-refractivity contribution in [2.75, 3.05) is 6.26 Å². The topological polar surface area (TPSA) is 98.5 Å². The summed E-state index contributed by atoms with van der Waals surface area (Å²) in [5, 5.41) is 8.06. The highest BCUT2D eigenvalue weighted by Crippen LogP contribution is 2.24. The first-order valence-corrected chi connectivity index (χ1v) is 11.3. The van der Waals surface area contributed by atoms with Gasteiger partial charge in [-0.3, -0.25) is 9.59 Å². The van der Waals surface area contributed by atoms with Gasteiger partial charge in [0, 0.05) is 23.0 Å². The fourth-order valence-electron chi connectivity index (χ4n) is 3.80. The van der Waals surface area contributed by atoms with Crippen LogP contribution < -0.4 is 5.32 Å². The van der Waals surface area contributed by atoms with E-state index >= 15 is 0 Å². The van der Waals surface area contributed by atoms with Gasteiger partial charge in [0.05, 0.1) is 6.42 Å². The van der Waals surface area contributed by atoms with Crippen LogP contribution in [0, 0.1) is 19.8 Å². The van der Waals surface area contributed by atoms with Gasteiger partial charge in [-0.2, -0.15) is 4.98 Å². The summed E-state index contributed by atoms with van der Waals surface area (Å²) in [4.78, 5) is 33.8. The summed E-state index contributed by atoms with van der Waals surface area (Å²) in [5.74, 6) is 0.269. The number of hydrogen-bond donors (Lipinski definition) is 1. The maximum Gasteiger partial charge on any atom is 0.311 e. The fraction of sp³-hybridized carbons (Fsp3) is 0.650. The Bertz CT molecular complexity index is 913. The van der Waals surface area contributed by atoms with Crippen molar-refractivity contribution in [2.24, 2.45) is 5.92 Å². The second kappa shape index (κ2) is 9.11. The van der Waals surface area contributed by atoms with Crippen LogP contribution in [0.3, 0.4) is 0 Å². The monoisotopic (exact) mass is 419 g/mol. The van der Waals surface area contributed by atoms with Crippen LogP contribution in [0.15, 0.2) is 5.16 Å². The maximum atomic E-state index is 12.5. The molecule has 2 aromatic heterocycles. The minimum Gasteiger partial charge on any atom is -0.452 e. The molecule has 0 aromatic carbocycles. The van der Waals surface area contributed by atoms with Crippen molar-refractivity contribution in [2.45, 2.75) is 77.1 Å². The van der Waals surface area contributed by atoms with E-state index in [1.165, 1.54) is 18.2 Å². The second-order valence-corrected chi connectivity index (χ2v) is 8.53. The molecular weight excluding hydrogens is 390 g/mol. The number of rotatable bonds is 6. The van der Waals surface area contributed by atoms with Crippen molar-refractivity contribution in [3.05, 3.63) is 17.0 Å². The van der Waals surface area contributed by atoms with Crippen molar-refractivity contribution in [1.29, 1.82) is 0 Å². The number of carbonyl (C=O) groups is 2. The number of thioether (sulfide) groups is 1. The molecule has 0 saturated heterocycles. The SMILES string of the molecule is CSc1nc2nc(C)c(CC(=O)O[C@H](C)C(=O)N[C@H]3CCCC[C@@H]3C)c(C)n2n1. The Morgan fingerprint density at radius 3 is 2.69 bits per heavy atom. The first kappa shape index (κ1) is 21.5. The van der Waals surface area contributed by atoms with Crippen LogP contribution in [0.25, 0.3) is 5.78 Å². The predicted octanol–water partition coefficient (Wildman–Crippen LogP) is 2.63. The van der Waals surface area contributed by atoms with Crippen LogP contribution in [-0.2, 0) is 20.7 Å². The van der Waals surface area contributed by atoms with Crippen molar-refractivity contribution in [3.63, 3.8) is 0 Å². The number of hydrogen-bond acceptors (Lipinski definition) is 7. The summed E-state index contributed by atoms with van der Waals surface area (Å²) >= 11 is 1.44. The van der Waals surface area contributed by atoms with Gasteiger partial charge in [0.15, 0.2) is 6.10 Å². The molecule has 1 fully saturated rings. The predicted molar refractivity (Wildman–Crippen MR) is 111 cm³/mol. The van der Waals surface area contributed by atoms with Crippen LogP contribution in [-0.4, -0.2) is 49.9 Å². The van der Waals surface area contributed by atoms with E-state index in [9.17, 15) is 9.59 Å². The molecule has 29 heavy (non-hydrogen) atoms. The third kappa shape index (κ3) is 4.88. The largest absolute Gasteiger partial charge is 0.452 e. The Balaban J connectivity index is 1.64. The normalized spacial score (nSPS) is 20.4. The molecule has 1 saturated carbocycles. The summed E-state index contributed by atoms with van der Waals surface area (Å²) in [7, 11) is 0. The zero-order chi connectivity index (χ0) is 21.1. The summed E-state index contributed by atoms with van der Waals surface area (Å²) in [6, 6.07) is 0.159. The molecule has 9 heteroatoms. The Morgan fingerprint density at radius 2 is 2.00 bits per heavy atom. The minimum absolute atomic E-state index is 0.0342. The quantitative estimate of drug-likeness (QED) is 0.568. The minimum atomic E-state index is -0.830. The number of nitrogens with one attached hydrogen (secondary N) is 1. The summed E-state index contributed by atoms with van der Waals surface area (Å²) in [6.45, 7) is 7.49. The Hall–Kier alpha value is -2.16. The van der Waals surface area contributed by atoms with E-state index in [0.717, 1.165) is 30.5 Å². The van der Waals surface area contributed by atoms with Crippen molar-refractivity contribution in [1.82, 2.24) is 24.9 Å². The van der Waals surface area contributed by atoms with Gasteiger partial charge in [-0.1, -0.05) is 31.5 Å². The average Bonchev–Trinajstić information content (AvgIpc) is 3.10. The van der Waals surface area contributed by atoms with Crippen LogP contribution in [0.1, 0.15) is 56.5 Å². The van der Waals surface area contributed by atoms with Crippen molar-refractivity contribution in [3.8, 4) is 0 Å². The van der Waals surface area contributed by atoms with Gasteiger partial charge in [-0.25, -0.2) is 9.50 Å². The molecule has 1 amide bonds. The highest BCUT2D eigenvalue weighted by Gasteiger charge is 2.27. The smallest absolute Gasteiger partial charge is 0.311 e. The summed E-state index contributed by atoms with van der Waals surface area (Å²) in [6.07, 6.45) is 5.53. The van der Waals surface area contributed by atoms with Gasteiger partial charge in [-0.15, -0.1) is 5.10 Å². The molecule has 2 heterocycles. The first-order valence-electron chi connectivity index (χ1n) is 10.1. The first-order chi connectivity index (χ1) is 13.8. The van der Waals surface area contributed by atoms with E-state index in [0.29, 0.717) is 22.5 Å². The molecule has 0 unspecified atom stereocenters. The Labute approximate surface area is 175 Å². The number of fused-ring (bicyclic) bond motifs is 1. The molecule has 8 nitrogen and oxygen atoms in total. The Kier molecular flexibility index (Phi) is 6.77. The van der Waals surface area contributed by atoms with E-state index in [1.54, 1.807) is 11.4 Å². The van der Waals surface area contributed by atoms with Gasteiger partial charge in [0.2, 0.25) is 5.16 Å². The lowest BCUT2D eigenvalue weighted by Crippen LogP contribution is -2.46.